The average molecular weight is 384 g/mol. The van der Waals surface area contributed by atoms with Crippen molar-refractivity contribution in [2.45, 2.75) is 69.5 Å². The van der Waals surface area contributed by atoms with Crippen molar-refractivity contribution >= 4 is 11.7 Å². The summed E-state index contributed by atoms with van der Waals surface area (Å²) in [5.41, 5.74) is 1.29. The number of piperazine rings is 1. The lowest BCUT2D eigenvalue weighted by molar-refractivity contribution is -0.122. The van der Waals surface area contributed by atoms with Gasteiger partial charge in [0.15, 0.2) is 0 Å². The molecule has 4 fully saturated rings. The molecule has 1 aromatic heterocycles. The van der Waals surface area contributed by atoms with Crippen LogP contribution in [0.15, 0.2) is 12.4 Å². The van der Waals surface area contributed by atoms with Crippen LogP contribution in [0.2, 0.25) is 0 Å². The summed E-state index contributed by atoms with van der Waals surface area (Å²) in [4.78, 5) is 28.6. The van der Waals surface area contributed by atoms with Gasteiger partial charge in [0.2, 0.25) is 5.95 Å². The van der Waals surface area contributed by atoms with Gasteiger partial charge >= 0.3 is 0 Å². The highest BCUT2D eigenvalue weighted by molar-refractivity contribution is 5.78. The van der Waals surface area contributed by atoms with Crippen molar-refractivity contribution in [3.8, 4) is 0 Å². The number of hydrogen-bond donors (Lipinski definition) is 0. The first-order valence-corrected chi connectivity index (χ1v) is 11.1. The summed E-state index contributed by atoms with van der Waals surface area (Å²) in [6.07, 6.45) is 11.2. The van der Waals surface area contributed by atoms with E-state index in [2.05, 4.69) is 34.1 Å². The second-order valence-electron chi connectivity index (χ2n) is 9.60. The zero-order valence-electron chi connectivity index (χ0n) is 17.3. The highest BCUT2D eigenvalue weighted by Crippen LogP contribution is 2.36. The Morgan fingerprint density at radius 3 is 2.04 bits per heavy atom. The smallest absolute Gasteiger partial charge is 0.225 e. The van der Waals surface area contributed by atoms with Crippen LogP contribution in [0.3, 0.4) is 0 Å². The maximum absolute atomic E-state index is 11.6. The Balaban J connectivity index is 1.16. The third kappa shape index (κ3) is 3.35. The summed E-state index contributed by atoms with van der Waals surface area (Å²) < 4.78 is 0. The number of hydrogen-bond acceptors (Lipinski definition) is 6. The number of carbonyl (C=O) groups excluding carboxylic acids is 1. The van der Waals surface area contributed by atoms with Crippen LogP contribution in [0.5, 0.6) is 0 Å². The van der Waals surface area contributed by atoms with Gasteiger partial charge < -0.3 is 9.80 Å². The monoisotopic (exact) mass is 383 g/mol. The van der Waals surface area contributed by atoms with Gasteiger partial charge in [-0.25, -0.2) is 9.97 Å². The maximum atomic E-state index is 11.6. The molecule has 1 saturated carbocycles. The summed E-state index contributed by atoms with van der Waals surface area (Å²) in [7, 11) is 2.22. The molecule has 0 N–H and O–H groups in total. The highest BCUT2D eigenvalue weighted by Gasteiger charge is 2.40. The van der Waals surface area contributed by atoms with Crippen molar-refractivity contribution in [2.75, 3.05) is 38.1 Å². The van der Waals surface area contributed by atoms with Crippen LogP contribution < -0.4 is 4.90 Å². The van der Waals surface area contributed by atoms with Crippen molar-refractivity contribution in [2.24, 2.45) is 5.92 Å². The molecular weight excluding hydrogens is 350 g/mol. The van der Waals surface area contributed by atoms with E-state index >= 15 is 0 Å². The zero-order valence-corrected chi connectivity index (χ0v) is 17.3. The molecule has 0 spiro atoms. The average Bonchev–Trinajstić information content (AvgIpc) is 2.93. The Bertz CT molecular complexity index is 694. The minimum atomic E-state index is 0.319. The maximum Gasteiger partial charge on any atom is 0.225 e. The van der Waals surface area contributed by atoms with E-state index in [0.29, 0.717) is 35.7 Å². The highest BCUT2D eigenvalue weighted by atomic mass is 16.1. The van der Waals surface area contributed by atoms with Crippen LogP contribution in [0.25, 0.3) is 0 Å². The molecule has 4 heterocycles. The van der Waals surface area contributed by atoms with Gasteiger partial charge in [-0.05, 0) is 58.1 Å². The van der Waals surface area contributed by atoms with Gasteiger partial charge in [-0.2, -0.15) is 0 Å². The van der Waals surface area contributed by atoms with Crippen molar-refractivity contribution in [3.05, 3.63) is 18.0 Å². The van der Waals surface area contributed by atoms with Crippen LogP contribution in [0.1, 0.15) is 56.9 Å². The number of fused-ring (bicyclic) bond motifs is 2. The number of rotatable bonds is 4. The molecule has 152 valence electrons. The number of likely N-dealkylation sites (tertiary alicyclic amines) is 2. The van der Waals surface area contributed by atoms with Gasteiger partial charge in [0.25, 0.3) is 0 Å². The molecule has 0 amide bonds. The van der Waals surface area contributed by atoms with Gasteiger partial charge in [0.05, 0.1) is 0 Å². The molecule has 2 atom stereocenters. The molecule has 4 aliphatic rings. The van der Waals surface area contributed by atoms with Gasteiger partial charge in [0.1, 0.15) is 5.78 Å². The normalized spacial score (nSPS) is 34.4. The first-order chi connectivity index (χ1) is 13.6. The van der Waals surface area contributed by atoms with Gasteiger partial charge in [-0.15, -0.1) is 0 Å². The molecule has 6 heteroatoms. The zero-order chi connectivity index (χ0) is 19.3. The van der Waals surface area contributed by atoms with Crippen LogP contribution in [0.4, 0.5) is 5.95 Å². The fraction of sp³-hybridized carbons (Fsp3) is 0.773. The first kappa shape index (κ1) is 18.5. The molecule has 2 bridgehead atoms. The predicted molar refractivity (Wildman–Crippen MR) is 110 cm³/mol. The van der Waals surface area contributed by atoms with Crippen LogP contribution in [-0.4, -0.2) is 76.9 Å². The van der Waals surface area contributed by atoms with Gasteiger partial charge in [-0.1, -0.05) is 0 Å². The largest absolute Gasteiger partial charge is 0.332 e. The summed E-state index contributed by atoms with van der Waals surface area (Å²) in [5, 5.41) is 0. The third-order valence-corrected chi connectivity index (χ3v) is 7.72. The molecule has 2 unspecified atom stereocenters. The molecule has 3 saturated heterocycles. The Morgan fingerprint density at radius 2 is 1.46 bits per heavy atom. The van der Waals surface area contributed by atoms with E-state index in [9.17, 15) is 4.79 Å². The Morgan fingerprint density at radius 1 is 0.893 bits per heavy atom. The molecule has 28 heavy (non-hydrogen) atoms. The SMILES string of the molecule is CC(=O)[C@H]1CC[C@@H](N2CC(c3cnc(N4C5CCC4CN(C)C5)nc3)C2)CC1. The number of nitrogens with zero attached hydrogens (tertiary/aromatic N) is 5. The lowest BCUT2D eigenvalue weighted by Gasteiger charge is -2.46. The van der Waals surface area contributed by atoms with Crippen molar-refractivity contribution in [3.63, 3.8) is 0 Å². The fourth-order valence-corrected chi connectivity index (χ4v) is 5.98. The van der Waals surface area contributed by atoms with Crippen LogP contribution >= 0.6 is 0 Å². The Kier molecular flexibility index (Phi) is 4.87. The number of Topliss-reactive ketones (excluding diaryl/α,β-unsaturated/α-hetero) is 1. The van der Waals surface area contributed by atoms with E-state index in [1.807, 2.05) is 0 Å². The molecule has 1 aromatic rings. The number of carbonyl (C=O) groups is 1. The molecule has 5 rings (SSSR count). The van der Waals surface area contributed by atoms with Crippen molar-refractivity contribution < 1.29 is 4.79 Å². The second-order valence-corrected chi connectivity index (χ2v) is 9.60. The molecular formula is C22H33N5O. The predicted octanol–water partition coefficient (Wildman–Crippen LogP) is 2.31. The molecule has 3 aliphatic heterocycles. The lowest BCUT2D eigenvalue weighted by atomic mass is 9.81. The van der Waals surface area contributed by atoms with Gasteiger partial charge in [0, 0.05) is 68.5 Å². The van der Waals surface area contributed by atoms with E-state index in [-0.39, 0.29) is 0 Å². The number of anilines is 1. The topological polar surface area (TPSA) is 52.6 Å². The van der Waals surface area contributed by atoms with E-state index in [0.717, 1.165) is 45.0 Å². The van der Waals surface area contributed by atoms with Gasteiger partial charge in [-0.3, -0.25) is 9.69 Å². The van der Waals surface area contributed by atoms with E-state index < -0.39 is 0 Å². The Hall–Kier alpha value is -1.53. The van der Waals surface area contributed by atoms with Crippen LogP contribution in [0, 0.1) is 5.92 Å². The quantitative estimate of drug-likeness (QED) is 0.795. The lowest BCUT2D eigenvalue weighted by Crippen LogP contribution is -2.53. The van der Waals surface area contributed by atoms with Crippen molar-refractivity contribution in [1.82, 2.24) is 19.8 Å². The van der Waals surface area contributed by atoms with E-state index in [1.165, 1.54) is 31.2 Å². The number of likely N-dealkylation sites (N-methyl/N-ethyl adjacent to an activating group) is 1. The molecule has 0 aromatic carbocycles. The number of ketones is 1. The minimum absolute atomic E-state index is 0.319. The standard InChI is InChI=1S/C22H33N5O/c1-15(28)16-3-5-19(6-4-16)26-11-18(12-26)17-9-23-22(24-10-17)27-20-7-8-21(27)14-25(2)13-20/h9-10,16,18-21H,3-8,11-14H2,1-2H3/t16-,19+,20?,21?. The summed E-state index contributed by atoms with van der Waals surface area (Å²) in [6, 6.07) is 1.84. The van der Waals surface area contributed by atoms with Crippen molar-refractivity contribution in [1.29, 1.82) is 0 Å². The minimum Gasteiger partial charge on any atom is -0.332 e. The van der Waals surface area contributed by atoms with Crippen LogP contribution in [-0.2, 0) is 4.79 Å². The van der Waals surface area contributed by atoms with E-state index in [1.54, 1.807) is 6.92 Å². The third-order valence-electron chi connectivity index (χ3n) is 7.72. The summed E-state index contributed by atoms with van der Waals surface area (Å²) in [5.74, 6) is 2.21. The molecule has 0 radical (unpaired) electrons. The first-order valence-electron chi connectivity index (χ1n) is 11.1. The Labute approximate surface area is 168 Å². The fourth-order valence-electron chi connectivity index (χ4n) is 5.98. The molecule has 6 nitrogen and oxygen atoms in total. The summed E-state index contributed by atoms with van der Waals surface area (Å²) >= 11 is 0. The second kappa shape index (κ2) is 7.38. The number of aromatic nitrogens is 2. The molecule has 1 aliphatic carbocycles. The van der Waals surface area contributed by atoms with E-state index in [4.69, 9.17) is 9.97 Å². The summed E-state index contributed by atoms with van der Waals surface area (Å²) in [6.45, 7) is 6.26.